The van der Waals surface area contributed by atoms with Crippen LogP contribution in [0.4, 0.5) is 5.69 Å². The molecule has 1 unspecified atom stereocenters. The van der Waals surface area contributed by atoms with E-state index in [1.807, 2.05) is 74.7 Å². The Morgan fingerprint density at radius 2 is 1.82 bits per heavy atom. The zero-order chi connectivity index (χ0) is 24.4. The Kier molecular flexibility index (Phi) is 6.89. The van der Waals surface area contributed by atoms with Crippen LogP contribution >= 0.6 is 11.3 Å². The molecule has 1 amide bonds. The number of amides is 1. The van der Waals surface area contributed by atoms with Gasteiger partial charge in [-0.3, -0.25) is 14.5 Å². The molecule has 6 heteroatoms. The lowest BCUT2D eigenvalue weighted by Gasteiger charge is -2.24. The summed E-state index contributed by atoms with van der Waals surface area (Å²) in [7, 11) is 0. The number of thiophene rings is 1. The molecule has 0 spiro atoms. The van der Waals surface area contributed by atoms with Crippen molar-refractivity contribution in [3.63, 3.8) is 0 Å². The fourth-order valence-corrected chi connectivity index (χ4v) is 5.12. The van der Waals surface area contributed by atoms with Gasteiger partial charge in [0.2, 0.25) is 0 Å². The predicted octanol–water partition coefficient (Wildman–Crippen LogP) is 6.46. The molecule has 1 atom stereocenters. The van der Waals surface area contributed by atoms with Gasteiger partial charge in [-0.15, -0.1) is 11.3 Å². The fourth-order valence-electron chi connectivity index (χ4n) is 4.30. The molecule has 5 nitrogen and oxygen atoms in total. The second-order valence-electron chi connectivity index (χ2n) is 8.54. The number of rotatable bonds is 7. The first-order valence-corrected chi connectivity index (χ1v) is 12.5. The highest BCUT2D eigenvalue weighted by Gasteiger charge is 2.47. The van der Waals surface area contributed by atoms with E-state index in [0.29, 0.717) is 17.9 Å². The van der Waals surface area contributed by atoms with Gasteiger partial charge in [0.25, 0.3) is 11.7 Å². The molecule has 0 radical (unpaired) electrons. The second-order valence-corrected chi connectivity index (χ2v) is 9.52. The maximum Gasteiger partial charge on any atom is 0.300 e. The molecule has 2 aromatic carbocycles. The Bertz CT molecular complexity index is 1230. The third-order valence-electron chi connectivity index (χ3n) is 6.08. The minimum atomic E-state index is -0.693. The highest BCUT2D eigenvalue weighted by atomic mass is 32.1. The normalized spacial score (nSPS) is 17.6. The summed E-state index contributed by atoms with van der Waals surface area (Å²) in [5.41, 5.74) is 3.30. The maximum absolute atomic E-state index is 13.3. The number of aryl methyl sites for hydroxylation is 1. The topological polar surface area (TPSA) is 66.8 Å². The molecule has 1 saturated heterocycles. The number of Topliss-reactive ketones (excluding diaryl/α,β-unsaturated/α-hetero) is 1. The van der Waals surface area contributed by atoms with E-state index in [0.717, 1.165) is 28.2 Å². The van der Waals surface area contributed by atoms with Crippen molar-refractivity contribution in [2.24, 2.45) is 0 Å². The number of carbonyl (C=O) groups is 2. The van der Waals surface area contributed by atoms with Crippen molar-refractivity contribution in [3.05, 3.63) is 87.1 Å². The van der Waals surface area contributed by atoms with E-state index in [9.17, 15) is 14.7 Å². The molecule has 0 bridgehead atoms. The highest BCUT2D eigenvalue weighted by Crippen LogP contribution is 2.44. The van der Waals surface area contributed by atoms with Crippen molar-refractivity contribution < 1.29 is 19.4 Å². The molecule has 0 aliphatic carbocycles. The number of aliphatic hydroxyl groups is 1. The lowest BCUT2D eigenvalue weighted by molar-refractivity contribution is -0.132. The molecule has 34 heavy (non-hydrogen) atoms. The summed E-state index contributed by atoms with van der Waals surface area (Å²) in [5, 5.41) is 13.3. The smallest absolute Gasteiger partial charge is 0.300 e. The predicted molar refractivity (Wildman–Crippen MR) is 137 cm³/mol. The first kappa shape index (κ1) is 23.8. The zero-order valence-electron chi connectivity index (χ0n) is 19.9. The Morgan fingerprint density at radius 3 is 2.41 bits per heavy atom. The highest BCUT2D eigenvalue weighted by molar-refractivity contribution is 7.10. The summed E-state index contributed by atoms with van der Waals surface area (Å²) < 4.78 is 5.75. The third-order valence-corrected chi connectivity index (χ3v) is 7.01. The Balaban J connectivity index is 1.87. The van der Waals surface area contributed by atoms with Crippen molar-refractivity contribution in [2.75, 3.05) is 11.5 Å². The number of carbonyl (C=O) groups excluding carboxylic acids is 2. The van der Waals surface area contributed by atoms with Gasteiger partial charge in [0.1, 0.15) is 17.6 Å². The maximum atomic E-state index is 13.3. The molecule has 2 heterocycles. The molecule has 1 aromatic heterocycles. The minimum absolute atomic E-state index is 0.103. The molecule has 0 saturated carbocycles. The average molecular weight is 476 g/mol. The van der Waals surface area contributed by atoms with E-state index >= 15 is 0 Å². The van der Waals surface area contributed by atoms with Gasteiger partial charge < -0.3 is 9.84 Å². The number of aliphatic hydroxyl groups excluding tert-OH is 1. The van der Waals surface area contributed by atoms with Crippen LogP contribution < -0.4 is 9.64 Å². The summed E-state index contributed by atoms with van der Waals surface area (Å²) in [6, 6.07) is 16.1. The van der Waals surface area contributed by atoms with Crippen LogP contribution in [0.25, 0.3) is 5.76 Å². The molecular weight excluding hydrogens is 446 g/mol. The van der Waals surface area contributed by atoms with Crippen LogP contribution in [-0.2, 0) is 16.0 Å². The van der Waals surface area contributed by atoms with Gasteiger partial charge in [-0.2, -0.15) is 0 Å². The summed E-state index contributed by atoms with van der Waals surface area (Å²) in [4.78, 5) is 28.8. The summed E-state index contributed by atoms with van der Waals surface area (Å²) in [6.07, 6.45) is 0.878. The zero-order valence-corrected chi connectivity index (χ0v) is 20.7. The van der Waals surface area contributed by atoms with Gasteiger partial charge in [0, 0.05) is 16.1 Å². The van der Waals surface area contributed by atoms with Gasteiger partial charge in [-0.1, -0.05) is 39.0 Å². The Morgan fingerprint density at radius 1 is 1.09 bits per heavy atom. The number of hydrogen-bond donors (Lipinski definition) is 1. The van der Waals surface area contributed by atoms with Gasteiger partial charge in [-0.25, -0.2) is 0 Å². The van der Waals surface area contributed by atoms with Crippen molar-refractivity contribution in [3.8, 4) is 5.75 Å². The molecule has 176 valence electrons. The molecule has 4 rings (SSSR count). The fraction of sp³-hybridized carbons (Fsp3) is 0.286. The van der Waals surface area contributed by atoms with Crippen molar-refractivity contribution in [1.29, 1.82) is 0 Å². The van der Waals surface area contributed by atoms with Crippen LogP contribution in [0.3, 0.4) is 0 Å². The van der Waals surface area contributed by atoms with Gasteiger partial charge in [0.05, 0.1) is 12.2 Å². The van der Waals surface area contributed by atoms with E-state index in [1.165, 1.54) is 16.2 Å². The van der Waals surface area contributed by atoms with E-state index in [1.54, 1.807) is 6.07 Å². The third kappa shape index (κ3) is 4.26. The molecule has 1 N–H and O–H groups in total. The Hall–Kier alpha value is -3.38. The standard InChI is InChI=1S/C28H29NO4S/c1-5-18-9-12-20(13-10-18)29-25(23-8-7-15-34-23)24(27(31)28(29)32)26(30)19-11-14-22(33-6-2)21(16-19)17(3)4/h7-17,25,30H,5-6H2,1-4H3/b26-24-. The van der Waals surface area contributed by atoms with Crippen LogP contribution in [0.1, 0.15) is 61.2 Å². The summed E-state index contributed by atoms with van der Waals surface area (Å²) >= 11 is 1.45. The minimum Gasteiger partial charge on any atom is -0.507 e. The van der Waals surface area contributed by atoms with Crippen LogP contribution in [0.2, 0.25) is 0 Å². The second kappa shape index (κ2) is 9.85. The number of ketones is 1. The molecule has 1 fully saturated rings. The number of ether oxygens (including phenoxy) is 1. The van der Waals surface area contributed by atoms with Crippen LogP contribution in [0.5, 0.6) is 5.75 Å². The number of hydrogen-bond acceptors (Lipinski definition) is 5. The van der Waals surface area contributed by atoms with Crippen LogP contribution in [0.15, 0.2) is 65.6 Å². The van der Waals surface area contributed by atoms with Gasteiger partial charge in [0.15, 0.2) is 0 Å². The molecule has 1 aliphatic rings. The van der Waals surface area contributed by atoms with Gasteiger partial charge in [-0.05, 0) is 72.2 Å². The van der Waals surface area contributed by atoms with E-state index in [4.69, 9.17) is 4.74 Å². The number of benzene rings is 2. The first-order chi connectivity index (χ1) is 16.4. The monoisotopic (exact) mass is 475 g/mol. The molecule has 3 aromatic rings. The molecule has 1 aliphatic heterocycles. The first-order valence-electron chi connectivity index (χ1n) is 11.6. The number of anilines is 1. The molecular formula is C28H29NO4S. The van der Waals surface area contributed by atoms with Gasteiger partial charge >= 0.3 is 0 Å². The number of nitrogens with zero attached hydrogens (tertiary/aromatic N) is 1. The van der Waals surface area contributed by atoms with E-state index in [2.05, 4.69) is 6.92 Å². The van der Waals surface area contributed by atoms with Crippen LogP contribution in [-0.4, -0.2) is 23.4 Å². The van der Waals surface area contributed by atoms with Crippen LogP contribution in [0, 0.1) is 0 Å². The SMILES string of the molecule is CCOc1ccc(/C(O)=C2/C(=O)C(=O)N(c3ccc(CC)cc3)C2c2cccs2)cc1C(C)C. The van der Waals surface area contributed by atoms with E-state index < -0.39 is 17.7 Å². The lowest BCUT2D eigenvalue weighted by Crippen LogP contribution is -2.29. The quantitative estimate of drug-likeness (QED) is 0.242. The summed E-state index contributed by atoms with van der Waals surface area (Å²) in [5.74, 6) is -0.591. The van der Waals surface area contributed by atoms with Crippen molar-refractivity contribution >= 4 is 34.5 Å². The lowest BCUT2D eigenvalue weighted by atomic mass is 9.95. The van der Waals surface area contributed by atoms with E-state index in [-0.39, 0.29) is 17.3 Å². The summed E-state index contributed by atoms with van der Waals surface area (Å²) in [6.45, 7) is 8.62. The average Bonchev–Trinajstić information content (AvgIpc) is 3.46. The van der Waals surface area contributed by atoms with Crippen molar-refractivity contribution in [1.82, 2.24) is 0 Å². The largest absolute Gasteiger partial charge is 0.507 e. The Labute approximate surface area is 204 Å². The van der Waals surface area contributed by atoms with Crippen molar-refractivity contribution in [2.45, 2.75) is 46.1 Å².